The molecule has 2 N–H and O–H groups in total. The van der Waals surface area contributed by atoms with Crippen molar-refractivity contribution in [1.29, 1.82) is 0 Å². The van der Waals surface area contributed by atoms with Gasteiger partial charge in [0, 0.05) is 18.7 Å². The molecular weight excluding hydrogens is 340 g/mol. The van der Waals surface area contributed by atoms with Crippen molar-refractivity contribution in [2.75, 3.05) is 13.1 Å². The van der Waals surface area contributed by atoms with Crippen molar-refractivity contribution in [3.63, 3.8) is 0 Å². The maximum atomic E-state index is 12.2. The van der Waals surface area contributed by atoms with Crippen LogP contribution in [0.2, 0.25) is 0 Å². The fraction of sp³-hybridized carbons (Fsp3) is 0.364. The maximum absolute atomic E-state index is 12.2. The zero-order valence-corrected chi connectivity index (χ0v) is 16.4. The fourth-order valence-corrected chi connectivity index (χ4v) is 2.74. The molecule has 27 heavy (non-hydrogen) atoms. The van der Waals surface area contributed by atoms with E-state index in [2.05, 4.69) is 24.5 Å². The topological polar surface area (TPSA) is 67.4 Å². The zero-order chi connectivity index (χ0) is 19.8. The molecule has 0 aliphatic carbocycles. The number of hydrogen-bond donors (Lipinski definition) is 2. The highest BCUT2D eigenvalue weighted by Gasteiger charge is 2.17. The number of nitrogens with one attached hydrogen (secondary N) is 2. The Kier molecular flexibility index (Phi) is 7.41. The molecule has 0 aliphatic rings. The molecule has 2 rings (SSSR count). The third-order valence-corrected chi connectivity index (χ3v) is 4.31. The molecule has 5 nitrogen and oxygen atoms in total. The van der Waals surface area contributed by atoms with Crippen molar-refractivity contribution in [2.24, 2.45) is 0 Å². The second kappa shape index (κ2) is 9.76. The third kappa shape index (κ3) is 5.84. The van der Waals surface area contributed by atoms with Gasteiger partial charge in [-0.2, -0.15) is 0 Å². The first kappa shape index (κ1) is 20.5. The van der Waals surface area contributed by atoms with Gasteiger partial charge in [0.15, 0.2) is 6.10 Å². The lowest BCUT2D eigenvalue weighted by Gasteiger charge is -2.18. The summed E-state index contributed by atoms with van der Waals surface area (Å²) in [6.45, 7) is 8.49. The molecular formula is C22H28N2O3. The zero-order valence-electron chi connectivity index (χ0n) is 16.4. The van der Waals surface area contributed by atoms with E-state index >= 15 is 0 Å². The largest absolute Gasteiger partial charge is 0.481 e. The van der Waals surface area contributed by atoms with E-state index in [4.69, 9.17) is 4.74 Å². The average Bonchev–Trinajstić information content (AvgIpc) is 2.65. The van der Waals surface area contributed by atoms with Gasteiger partial charge in [0.1, 0.15) is 5.75 Å². The molecule has 0 saturated heterocycles. The smallest absolute Gasteiger partial charge is 0.260 e. The summed E-state index contributed by atoms with van der Waals surface area (Å²) in [4.78, 5) is 24.4. The van der Waals surface area contributed by atoms with E-state index in [0.717, 1.165) is 16.9 Å². The lowest BCUT2D eigenvalue weighted by atomic mass is 10.0. The molecule has 0 bridgehead atoms. The lowest BCUT2D eigenvalue weighted by molar-refractivity contribution is -0.127. The number of carbonyl (C=O) groups is 2. The minimum absolute atomic E-state index is 0.141. The summed E-state index contributed by atoms with van der Waals surface area (Å²) in [6, 6.07) is 15.1. The van der Waals surface area contributed by atoms with Crippen LogP contribution in [0.3, 0.4) is 0 Å². The minimum Gasteiger partial charge on any atom is -0.481 e. The van der Waals surface area contributed by atoms with Gasteiger partial charge in [0.2, 0.25) is 0 Å². The molecule has 144 valence electrons. The summed E-state index contributed by atoms with van der Waals surface area (Å²) >= 11 is 0. The fourth-order valence-electron chi connectivity index (χ4n) is 2.74. The van der Waals surface area contributed by atoms with Crippen molar-refractivity contribution in [2.45, 2.75) is 39.7 Å². The van der Waals surface area contributed by atoms with Crippen LogP contribution in [0.15, 0.2) is 48.5 Å². The highest BCUT2D eigenvalue weighted by Crippen LogP contribution is 2.26. The van der Waals surface area contributed by atoms with Crippen molar-refractivity contribution < 1.29 is 14.3 Å². The molecule has 0 saturated carbocycles. The molecule has 2 aromatic rings. The predicted molar refractivity (Wildman–Crippen MR) is 107 cm³/mol. The van der Waals surface area contributed by atoms with E-state index in [9.17, 15) is 9.59 Å². The van der Waals surface area contributed by atoms with E-state index in [1.807, 2.05) is 49.4 Å². The van der Waals surface area contributed by atoms with Gasteiger partial charge in [0.25, 0.3) is 11.8 Å². The highest BCUT2D eigenvalue weighted by atomic mass is 16.5. The van der Waals surface area contributed by atoms with Crippen LogP contribution in [0.1, 0.15) is 48.2 Å². The summed E-state index contributed by atoms with van der Waals surface area (Å²) < 4.78 is 5.83. The molecule has 0 aliphatic heterocycles. The average molecular weight is 368 g/mol. The Morgan fingerprint density at radius 1 is 0.926 bits per heavy atom. The van der Waals surface area contributed by atoms with E-state index in [-0.39, 0.29) is 11.8 Å². The molecule has 1 atom stereocenters. The molecule has 0 radical (unpaired) electrons. The van der Waals surface area contributed by atoms with Gasteiger partial charge in [-0.15, -0.1) is 0 Å². The van der Waals surface area contributed by atoms with Crippen LogP contribution in [0.4, 0.5) is 0 Å². The Hall–Kier alpha value is -2.82. The summed E-state index contributed by atoms with van der Waals surface area (Å²) in [5, 5.41) is 5.61. The standard InChI is InChI=1S/C22H28N2O3/c1-15(2)18-10-7-8-12-20(18)27-17(4)21(25)23-13-14-24-22(26)19-11-6-5-9-16(19)3/h5-12,15,17H,13-14H2,1-4H3,(H,23,25)(H,24,26). The first-order valence-corrected chi connectivity index (χ1v) is 9.27. The van der Waals surface area contributed by atoms with E-state index in [0.29, 0.717) is 24.6 Å². The highest BCUT2D eigenvalue weighted by molar-refractivity contribution is 5.95. The second-order valence-corrected chi connectivity index (χ2v) is 6.81. The number of rotatable bonds is 8. The number of para-hydroxylation sites is 1. The van der Waals surface area contributed by atoms with Crippen molar-refractivity contribution >= 4 is 11.8 Å². The molecule has 2 amide bonds. The summed E-state index contributed by atoms with van der Waals surface area (Å²) in [5.74, 6) is 0.687. The first-order chi connectivity index (χ1) is 12.9. The lowest BCUT2D eigenvalue weighted by Crippen LogP contribution is -2.40. The van der Waals surface area contributed by atoms with Crippen molar-refractivity contribution in [1.82, 2.24) is 10.6 Å². The summed E-state index contributed by atoms with van der Waals surface area (Å²) in [7, 11) is 0. The Bertz CT molecular complexity index is 787. The monoisotopic (exact) mass is 368 g/mol. The first-order valence-electron chi connectivity index (χ1n) is 9.27. The Balaban J connectivity index is 1.79. The summed E-state index contributed by atoms with van der Waals surface area (Å²) in [5.41, 5.74) is 2.64. The Labute approximate surface area is 161 Å². The minimum atomic E-state index is -0.614. The third-order valence-electron chi connectivity index (χ3n) is 4.31. The SMILES string of the molecule is Cc1ccccc1C(=O)NCCNC(=O)C(C)Oc1ccccc1C(C)C. The van der Waals surface area contributed by atoms with Crippen LogP contribution < -0.4 is 15.4 Å². The maximum Gasteiger partial charge on any atom is 0.260 e. The van der Waals surface area contributed by atoms with E-state index < -0.39 is 6.10 Å². The molecule has 5 heteroatoms. The number of ether oxygens (including phenoxy) is 1. The van der Waals surface area contributed by atoms with Crippen LogP contribution in [0, 0.1) is 6.92 Å². The van der Waals surface area contributed by atoms with Crippen LogP contribution in [-0.4, -0.2) is 31.0 Å². The van der Waals surface area contributed by atoms with Crippen molar-refractivity contribution in [3.05, 3.63) is 65.2 Å². The van der Waals surface area contributed by atoms with Crippen LogP contribution >= 0.6 is 0 Å². The van der Waals surface area contributed by atoms with Crippen LogP contribution in [0.25, 0.3) is 0 Å². The molecule has 0 heterocycles. The molecule has 0 fully saturated rings. The van der Waals surface area contributed by atoms with E-state index in [1.165, 1.54) is 0 Å². The van der Waals surface area contributed by atoms with Gasteiger partial charge in [-0.1, -0.05) is 50.2 Å². The molecule has 0 aromatic heterocycles. The van der Waals surface area contributed by atoms with Gasteiger partial charge in [-0.25, -0.2) is 0 Å². The predicted octanol–water partition coefficient (Wildman–Crippen LogP) is 3.43. The Morgan fingerprint density at radius 3 is 2.26 bits per heavy atom. The summed E-state index contributed by atoms with van der Waals surface area (Å²) in [6.07, 6.45) is -0.614. The number of aryl methyl sites for hydroxylation is 1. The number of hydrogen-bond acceptors (Lipinski definition) is 3. The second-order valence-electron chi connectivity index (χ2n) is 6.81. The van der Waals surface area contributed by atoms with Crippen LogP contribution in [0.5, 0.6) is 5.75 Å². The van der Waals surface area contributed by atoms with E-state index in [1.54, 1.807) is 13.0 Å². The van der Waals surface area contributed by atoms with Crippen molar-refractivity contribution in [3.8, 4) is 5.75 Å². The number of benzene rings is 2. The van der Waals surface area contributed by atoms with Gasteiger partial charge in [0.05, 0.1) is 0 Å². The van der Waals surface area contributed by atoms with Gasteiger partial charge in [-0.3, -0.25) is 9.59 Å². The van der Waals surface area contributed by atoms with Gasteiger partial charge >= 0.3 is 0 Å². The Morgan fingerprint density at radius 2 is 1.56 bits per heavy atom. The van der Waals surface area contributed by atoms with Crippen LogP contribution in [-0.2, 0) is 4.79 Å². The molecule has 0 spiro atoms. The molecule has 2 aromatic carbocycles. The number of carbonyl (C=O) groups excluding carboxylic acids is 2. The molecule has 1 unspecified atom stereocenters. The quantitative estimate of drug-likeness (QED) is 0.702. The van der Waals surface area contributed by atoms with Gasteiger partial charge < -0.3 is 15.4 Å². The normalized spacial score (nSPS) is 11.7. The van der Waals surface area contributed by atoms with Gasteiger partial charge in [-0.05, 0) is 43.0 Å². The number of amides is 2.